The number of nitrogens with zero attached hydrogens (tertiary/aromatic N) is 1. The molecule has 0 unspecified atom stereocenters. The summed E-state index contributed by atoms with van der Waals surface area (Å²) in [5.41, 5.74) is 3.59. The molecule has 3 rings (SSSR count). The van der Waals surface area contributed by atoms with Crippen molar-refractivity contribution >= 4 is 11.6 Å². The first kappa shape index (κ1) is 12.0. The summed E-state index contributed by atoms with van der Waals surface area (Å²) in [5.74, 6) is 1.85. The Morgan fingerprint density at radius 3 is 2.37 bits per heavy atom. The van der Waals surface area contributed by atoms with Crippen molar-refractivity contribution in [2.75, 3.05) is 20.6 Å². The van der Waals surface area contributed by atoms with Crippen LogP contribution in [0.15, 0.2) is 48.5 Å². The molecule has 0 N–H and O–H groups in total. The van der Waals surface area contributed by atoms with E-state index in [1.54, 1.807) is 0 Å². The molecule has 2 nitrogen and oxygen atoms in total. The number of hydrogen-bond acceptors (Lipinski definition) is 2. The number of para-hydroxylation sites is 2. The van der Waals surface area contributed by atoms with Gasteiger partial charge < -0.3 is 9.64 Å². The first-order valence-corrected chi connectivity index (χ1v) is 6.45. The summed E-state index contributed by atoms with van der Waals surface area (Å²) in [6.07, 6.45) is 2.22. The largest absolute Gasteiger partial charge is 0.456 e. The summed E-state index contributed by atoms with van der Waals surface area (Å²) < 4.78 is 6.04. The molecule has 2 aromatic carbocycles. The van der Waals surface area contributed by atoms with Gasteiger partial charge in [0.25, 0.3) is 0 Å². The third-order valence-electron chi connectivity index (χ3n) is 3.19. The van der Waals surface area contributed by atoms with Crippen LogP contribution in [0.2, 0.25) is 0 Å². The minimum atomic E-state index is 0.898. The molecule has 19 heavy (non-hydrogen) atoms. The number of likely N-dealkylation sites (N-methyl/N-ethyl adjacent to an activating group) is 1. The van der Waals surface area contributed by atoms with E-state index in [9.17, 15) is 0 Å². The second kappa shape index (κ2) is 4.90. The van der Waals surface area contributed by atoms with Crippen LogP contribution in [-0.2, 0) is 0 Å². The molecule has 0 radical (unpaired) electrons. The van der Waals surface area contributed by atoms with Crippen molar-refractivity contribution in [1.82, 2.24) is 4.90 Å². The maximum Gasteiger partial charge on any atom is 0.135 e. The van der Waals surface area contributed by atoms with Crippen molar-refractivity contribution in [1.29, 1.82) is 0 Å². The van der Waals surface area contributed by atoms with Crippen LogP contribution in [0.4, 0.5) is 0 Å². The molecular weight excluding hydrogens is 234 g/mol. The van der Waals surface area contributed by atoms with E-state index in [0.717, 1.165) is 23.6 Å². The Morgan fingerprint density at radius 1 is 0.895 bits per heavy atom. The minimum absolute atomic E-state index is 0.898. The Hall–Kier alpha value is -2.06. The molecule has 1 aliphatic rings. The van der Waals surface area contributed by atoms with Crippen molar-refractivity contribution in [3.05, 3.63) is 59.7 Å². The molecule has 0 saturated carbocycles. The first-order valence-electron chi connectivity index (χ1n) is 6.45. The molecule has 0 amide bonds. The monoisotopic (exact) mass is 251 g/mol. The van der Waals surface area contributed by atoms with Crippen molar-refractivity contribution in [3.63, 3.8) is 0 Å². The zero-order valence-electron chi connectivity index (χ0n) is 11.3. The molecule has 2 heteroatoms. The van der Waals surface area contributed by atoms with Crippen molar-refractivity contribution in [2.24, 2.45) is 0 Å². The van der Waals surface area contributed by atoms with Gasteiger partial charge in [-0.3, -0.25) is 0 Å². The average Bonchev–Trinajstić information content (AvgIpc) is 2.55. The quantitative estimate of drug-likeness (QED) is 0.802. The molecule has 0 bridgehead atoms. The highest BCUT2D eigenvalue weighted by Crippen LogP contribution is 2.37. The fraction of sp³-hybridized carbons (Fsp3) is 0.176. The third-order valence-corrected chi connectivity index (χ3v) is 3.19. The fourth-order valence-electron chi connectivity index (χ4n) is 2.37. The molecule has 96 valence electrons. The van der Waals surface area contributed by atoms with E-state index in [1.165, 1.54) is 11.1 Å². The lowest BCUT2D eigenvalue weighted by Gasteiger charge is -2.14. The average molecular weight is 251 g/mol. The second-order valence-corrected chi connectivity index (χ2v) is 5.04. The molecule has 0 fully saturated rings. The molecular formula is C17H17NO. The van der Waals surface area contributed by atoms with Gasteiger partial charge in [-0.05, 0) is 37.9 Å². The predicted molar refractivity (Wildman–Crippen MR) is 79.4 cm³/mol. The summed E-state index contributed by atoms with van der Waals surface area (Å²) in [6, 6.07) is 16.4. The van der Waals surface area contributed by atoms with Crippen molar-refractivity contribution < 1.29 is 4.74 Å². The highest BCUT2D eigenvalue weighted by molar-refractivity contribution is 5.87. The first-order chi connectivity index (χ1) is 9.24. The standard InChI is InChI=1S/C17H17NO/c1-18(2)12-14-11-13-7-3-5-9-16(13)19-17-10-6-4-8-15(14)17/h3-11H,12H2,1-2H3. The lowest BCUT2D eigenvalue weighted by Crippen LogP contribution is -2.14. The maximum atomic E-state index is 6.04. The normalized spacial score (nSPS) is 13.1. The number of ether oxygens (including phenoxy) is 1. The Labute approximate surface area is 113 Å². The maximum absolute atomic E-state index is 6.04. The summed E-state index contributed by atoms with van der Waals surface area (Å²) in [7, 11) is 4.17. The van der Waals surface area contributed by atoms with Crippen molar-refractivity contribution in [3.8, 4) is 11.5 Å². The van der Waals surface area contributed by atoms with E-state index in [1.807, 2.05) is 30.3 Å². The SMILES string of the molecule is CN(C)CC1=Cc2ccccc2Oc2ccccc21. The van der Waals surface area contributed by atoms with Gasteiger partial charge in [-0.1, -0.05) is 36.4 Å². The molecule has 1 aliphatic heterocycles. The van der Waals surface area contributed by atoms with Crippen LogP contribution < -0.4 is 4.74 Å². The fourth-order valence-corrected chi connectivity index (χ4v) is 2.37. The van der Waals surface area contributed by atoms with Gasteiger partial charge in [0, 0.05) is 17.7 Å². The van der Waals surface area contributed by atoms with Gasteiger partial charge in [0.2, 0.25) is 0 Å². The molecule has 0 atom stereocenters. The van der Waals surface area contributed by atoms with Gasteiger partial charge in [-0.2, -0.15) is 0 Å². The van der Waals surface area contributed by atoms with E-state index >= 15 is 0 Å². The lowest BCUT2D eigenvalue weighted by atomic mass is 10.0. The molecule has 1 heterocycles. The van der Waals surface area contributed by atoms with Gasteiger partial charge in [0.05, 0.1) is 0 Å². The van der Waals surface area contributed by atoms with Gasteiger partial charge in [0.15, 0.2) is 0 Å². The Morgan fingerprint density at radius 2 is 1.58 bits per heavy atom. The predicted octanol–water partition coefficient (Wildman–Crippen LogP) is 3.89. The Kier molecular flexibility index (Phi) is 3.10. The number of benzene rings is 2. The molecule has 2 aromatic rings. The highest BCUT2D eigenvalue weighted by atomic mass is 16.5. The number of hydrogen-bond donors (Lipinski definition) is 0. The van der Waals surface area contributed by atoms with Crippen LogP contribution in [-0.4, -0.2) is 25.5 Å². The highest BCUT2D eigenvalue weighted by Gasteiger charge is 2.16. The smallest absolute Gasteiger partial charge is 0.135 e. The Balaban J connectivity index is 2.17. The molecule has 0 aliphatic carbocycles. The van der Waals surface area contributed by atoms with Gasteiger partial charge >= 0.3 is 0 Å². The van der Waals surface area contributed by atoms with Crippen LogP contribution in [0.1, 0.15) is 11.1 Å². The second-order valence-electron chi connectivity index (χ2n) is 5.04. The summed E-state index contributed by atoms with van der Waals surface area (Å²) in [6.45, 7) is 0.898. The zero-order valence-corrected chi connectivity index (χ0v) is 11.3. The van der Waals surface area contributed by atoms with Gasteiger partial charge in [-0.15, -0.1) is 0 Å². The van der Waals surface area contributed by atoms with Crippen LogP contribution in [0.3, 0.4) is 0 Å². The lowest BCUT2D eigenvalue weighted by molar-refractivity contribution is 0.460. The third kappa shape index (κ3) is 2.40. The minimum Gasteiger partial charge on any atom is -0.456 e. The molecule has 0 saturated heterocycles. The van der Waals surface area contributed by atoms with Gasteiger partial charge in [0.1, 0.15) is 11.5 Å². The van der Waals surface area contributed by atoms with Crippen LogP contribution >= 0.6 is 0 Å². The van der Waals surface area contributed by atoms with E-state index in [4.69, 9.17) is 4.74 Å². The van der Waals surface area contributed by atoms with Gasteiger partial charge in [-0.25, -0.2) is 0 Å². The number of fused-ring (bicyclic) bond motifs is 2. The molecule has 0 aromatic heterocycles. The summed E-state index contributed by atoms with van der Waals surface area (Å²) >= 11 is 0. The number of rotatable bonds is 2. The van der Waals surface area contributed by atoms with E-state index < -0.39 is 0 Å². The van der Waals surface area contributed by atoms with Crippen LogP contribution in [0.25, 0.3) is 11.6 Å². The Bertz CT molecular complexity index is 629. The van der Waals surface area contributed by atoms with Crippen LogP contribution in [0.5, 0.6) is 11.5 Å². The summed E-state index contributed by atoms with van der Waals surface area (Å²) in [5, 5.41) is 0. The van der Waals surface area contributed by atoms with Crippen LogP contribution in [0, 0.1) is 0 Å². The molecule has 0 spiro atoms. The summed E-state index contributed by atoms with van der Waals surface area (Å²) in [4.78, 5) is 2.18. The topological polar surface area (TPSA) is 12.5 Å². The zero-order chi connectivity index (χ0) is 13.2. The van der Waals surface area contributed by atoms with E-state index in [0.29, 0.717) is 0 Å². The van der Waals surface area contributed by atoms with E-state index in [2.05, 4.69) is 43.3 Å². The van der Waals surface area contributed by atoms with Crippen molar-refractivity contribution in [2.45, 2.75) is 0 Å². The van der Waals surface area contributed by atoms with E-state index in [-0.39, 0.29) is 0 Å².